The summed E-state index contributed by atoms with van der Waals surface area (Å²) in [7, 11) is 0. The maximum absolute atomic E-state index is 13.0. The lowest BCUT2D eigenvalue weighted by molar-refractivity contribution is -0.141. The van der Waals surface area contributed by atoms with Crippen LogP contribution in [-0.2, 0) is 11.5 Å². The van der Waals surface area contributed by atoms with Gasteiger partial charge in [-0.15, -0.1) is 0 Å². The second kappa shape index (κ2) is 5.28. The third kappa shape index (κ3) is 2.31. The molecule has 0 amide bonds. The zero-order chi connectivity index (χ0) is 14.1. The van der Waals surface area contributed by atoms with Crippen LogP contribution in [-0.4, -0.2) is 30.8 Å². The first-order valence-electron chi connectivity index (χ1n) is 6.63. The molecule has 1 aromatic rings. The van der Waals surface area contributed by atoms with Crippen molar-refractivity contribution in [3.63, 3.8) is 0 Å². The summed E-state index contributed by atoms with van der Waals surface area (Å²) >= 11 is 0. The fraction of sp³-hybridized carbons (Fsp3) is 0.500. The van der Waals surface area contributed by atoms with Gasteiger partial charge in [0.1, 0.15) is 19.9 Å². The van der Waals surface area contributed by atoms with Crippen LogP contribution in [0.4, 0.5) is 4.39 Å². The fourth-order valence-corrected chi connectivity index (χ4v) is 2.74. The highest BCUT2D eigenvalue weighted by Gasteiger charge is 2.33. The van der Waals surface area contributed by atoms with Crippen LogP contribution in [0, 0.1) is 5.92 Å². The Labute approximate surface area is 115 Å². The number of nitrogens with one attached hydrogen (secondary N) is 1. The molecule has 5 nitrogen and oxygen atoms in total. The Kier molecular flexibility index (Phi) is 3.48. The van der Waals surface area contributed by atoms with E-state index in [4.69, 9.17) is 14.6 Å². The SMILES string of the molecule is O=C(O)C1CNC(c2cc(CF)cc3c2OCCO3)C1. The quantitative estimate of drug-likeness (QED) is 0.882. The van der Waals surface area contributed by atoms with Crippen molar-refractivity contribution in [2.75, 3.05) is 19.8 Å². The van der Waals surface area contributed by atoms with Crippen LogP contribution in [0.3, 0.4) is 0 Å². The average Bonchev–Trinajstić information content (AvgIpc) is 2.96. The molecule has 0 bridgehead atoms. The number of rotatable bonds is 3. The Bertz CT molecular complexity index is 534. The standard InChI is InChI=1S/C14H16FNO4/c15-6-8-3-10(11-5-9(7-16-11)14(17)18)13-12(4-8)19-1-2-20-13/h3-4,9,11,16H,1-2,5-7H2,(H,17,18). The van der Waals surface area contributed by atoms with Crippen molar-refractivity contribution in [2.45, 2.75) is 19.1 Å². The smallest absolute Gasteiger partial charge is 0.307 e. The Morgan fingerprint density at radius 2 is 2.20 bits per heavy atom. The van der Waals surface area contributed by atoms with Crippen molar-refractivity contribution in [1.29, 1.82) is 0 Å². The van der Waals surface area contributed by atoms with Crippen molar-refractivity contribution >= 4 is 5.97 Å². The number of carbonyl (C=O) groups is 1. The normalized spacial score (nSPS) is 24.6. The van der Waals surface area contributed by atoms with Gasteiger partial charge in [0.15, 0.2) is 11.5 Å². The zero-order valence-corrected chi connectivity index (χ0v) is 10.9. The average molecular weight is 281 g/mol. The highest BCUT2D eigenvalue weighted by Crippen LogP contribution is 2.41. The van der Waals surface area contributed by atoms with E-state index in [0.717, 1.165) is 5.56 Å². The summed E-state index contributed by atoms with van der Waals surface area (Å²) in [4.78, 5) is 11.0. The van der Waals surface area contributed by atoms with E-state index >= 15 is 0 Å². The van der Waals surface area contributed by atoms with Gasteiger partial charge in [-0.25, -0.2) is 4.39 Å². The van der Waals surface area contributed by atoms with E-state index in [9.17, 15) is 9.18 Å². The summed E-state index contributed by atoms with van der Waals surface area (Å²) in [5, 5.41) is 12.2. The molecular formula is C14H16FNO4. The molecule has 6 heteroatoms. The predicted octanol–water partition coefficient (Wildman–Crippen LogP) is 1.66. The van der Waals surface area contributed by atoms with E-state index in [1.165, 1.54) is 0 Å². The summed E-state index contributed by atoms with van der Waals surface area (Å²) in [5.74, 6) is -0.0826. The Hall–Kier alpha value is -1.82. The molecule has 2 aliphatic rings. The molecule has 2 N–H and O–H groups in total. The number of carboxylic acids is 1. The van der Waals surface area contributed by atoms with E-state index < -0.39 is 18.6 Å². The van der Waals surface area contributed by atoms with Crippen molar-refractivity contribution in [3.8, 4) is 11.5 Å². The minimum Gasteiger partial charge on any atom is -0.486 e. The number of hydrogen-bond acceptors (Lipinski definition) is 4. The number of hydrogen-bond donors (Lipinski definition) is 2. The molecule has 1 aromatic carbocycles. The van der Waals surface area contributed by atoms with Crippen LogP contribution in [0.2, 0.25) is 0 Å². The Balaban J connectivity index is 1.94. The first-order chi connectivity index (χ1) is 9.69. The third-order valence-electron chi connectivity index (χ3n) is 3.74. The van der Waals surface area contributed by atoms with E-state index in [1.807, 2.05) is 0 Å². The highest BCUT2D eigenvalue weighted by atomic mass is 19.1. The molecule has 108 valence electrons. The Morgan fingerprint density at radius 3 is 2.90 bits per heavy atom. The minimum absolute atomic E-state index is 0.141. The number of fused-ring (bicyclic) bond motifs is 1. The number of carboxylic acid groups (broad SMARTS) is 1. The zero-order valence-electron chi connectivity index (χ0n) is 10.9. The molecule has 2 heterocycles. The molecule has 0 radical (unpaired) electrons. The van der Waals surface area contributed by atoms with E-state index in [0.29, 0.717) is 43.2 Å². The molecule has 0 aliphatic carbocycles. The molecule has 0 aromatic heterocycles. The number of aliphatic carboxylic acids is 1. The molecule has 0 spiro atoms. The number of alkyl halides is 1. The van der Waals surface area contributed by atoms with Crippen molar-refractivity contribution in [1.82, 2.24) is 5.32 Å². The molecule has 2 atom stereocenters. The fourth-order valence-electron chi connectivity index (χ4n) is 2.74. The van der Waals surface area contributed by atoms with Crippen molar-refractivity contribution in [3.05, 3.63) is 23.3 Å². The van der Waals surface area contributed by atoms with Gasteiger partial charge >= 0.3 is 5.97 Å². The number of benzene rings is 1. The van der Waals surface area contributed by atoms with Crippen LogP contribution in [0.5, 0.6) is 11.5 Å². The molecule has 3 rings (SSSR count). The van der Waals surface area contributed by atoms with Gasteiger partial charge in [0.2, 0.25) is 0 Å². The van der Waals surface area contributed by atoms with Crippen molar-refractivity contribution < 1.29 is 23.8 Å². The lowest BCUT2D eigenvalue weighted by atomic mass is 9.97. The lowest BCUT2D eigenvalue weighted by Crippen LogP contribution is -2.20. The molecule has 1 saturated heterocycles. The van der Waals surface area contributed by atoms with Crippen LogP contribution in [0.15, 0.2) is 12.1 Å². The molecular weight excluding hydrogens is 265 g/mol. The highest BCUT2D eigenvalue weighted by molar-refractivity contribution is 5.71. The van der Waals surface area contributed by atoms with Crippen LogP contribution in [0.25, 0.3) is 0 Å². The summed E-state index contributed by atoms with van der Waals surface area (Å²) in [5.41, 5.74) is 1.31. The second-order valence-corrected chi connectivity index (χ2v) is 5.07. The van der Waals surface area contributed by atoms with Crippen LogP contribution in [0.1, 0.15) is 23.6 Å². The van der Waals surface area contributed by atoms with Crippen LogP contribution >= 0.6 is 0 Å². The summed E-state index contributed by atoms with van der Waals surface area (Å²) in [6.45, 7) is 0.719. The maximum atomic E-state index is 13.0. The predicted molar refractivity (Wildman–Crippen MR) is 68.7 cm³/mol. The second-order valence-electron chi connectivity index (χ2n) is 5.07. The van der Waals surface area contributed by atoms with E-state index in [2.05, 4.69) is 5.32 Å². The largest absolute Gasteiger partial charge is 0.486 e. The minimum atomic E-state index is -0.812. The van der Waals surface area contributed by atoms with Gasteiger partial charge in [0.25, 0.3) is 0 Å². The lowest BCUT2D eigenvalue weighted by Gasteiger charge is -2.24. The van der Waals surface area contributed by atoms with Gasteiger partial charge in [0, 0.05) is 18.2 Å². The van der Waals surface area contributed by atoms with Gasteiger partial charge < -0.3 is 19.9 Å². The topological polar surface area (TPSA) is 67.8 Å². The molecule has 2 unspecified atom stereocenters. The Morgan fingerprint density at radius 1 is 1.40 bits per heavy atom. The molecule has 0 saturated carbocycles. The molecule has 1 fully saturated rings. The van der Waals surface area contributed by atoms with Gasteiger partial charge in [0.05, 0.1) is 5.92 Å². The van der Waals surface area contributed by atoms with Crippen LogP contribution < -0.4 is 14.8 Å². The molecule has 2 aliphatic heterocycles. The van der Waals surface area contributed by atoms with Gasteiger partial charge in [-0.1, -0.05) is 0 Å². The summed E-state index contributed by atoms with van der Waals surface area (Å²) in [6.07, 6.45) is 0.473. The van der Waals surface area contributed by atoms with Gasteiger partial charge in [-0.05, 0) is 24.1 Å². The first-order valence-corrected chi connectivity index (χ1v) is 6.63. The summed E-state index contributed by atoms with van der Waals surface area (Å²) < 4.78 is 24.1. The van der Waals surface area contributed by atoms with Gasteiger partial charge in [-0.2, -0.15) is 0 Å². The monoisotopic (exact) mass is 281 g/mol. The maximum Gasteiger partial charge on any atom is 0.307 e. The summed E-state index contributed by atoms with van der Waals surface area (Å²) in [6, 6.07) is 3.23. The third-order valence-corrected chi connectivity index (χ3v) is 3.74. The van der Waals surface area contributed by atoms with E-state index in [1.54, 1.807) is 12.1 Å². The number of ether oxygens (including phenoxy) is 2. The molecule has 20 heavy (non-hydrogen) atoms. The first kappa shape index (κ1) is 13.2. The van der Waals surface area contributed by atoms with E-state index in [-0.39, 0.29) is 6.04 Å². The van der Waals surface area contributed by atoms with Crippen molar-refractivity contribution in [2.24, 2.45) is 5.92 Å². The number of halogens is 1. The van der Waals surface area contributed by atoms with Gasteiger partial charge in [-0.3, -0.25) is 4.79 Å².